The van der Waals surface area contributed by atoms with Crippen LogP contribution in [0.15, 0.2) is 18.2 Å². The van der Waals surface area contributed by atoms with E-state index in [0.717, 1.165) is 11.9 Å². The highest BCUT2D eigenvalue weighted by Crippen LogP contribution is 2.23. The molecule has 1 fully saturated rings. The zero-order chi connectivity index (χ0) is 16.6. The molecule has 7 heteroatoms. The van der Waals surface area contributed by atoms with Crippen molar-refractivity contribution in [2.75, 3.05) is 13.1 Å². The zero-order valence-electron chi connectivity index (χ0n) is 13.7. The highest BCUT2D eigenvalue weighted by atomic mass is 16.6. The summed E-state index contributed by atoms with van der Waals surface area (Å²) in [5.74, 6) is 0.503. The number of phenols is 1. The lowest BCUT2D eigenvalue weighted by atomic mass is 10.1. The average Bonchev–Trinajstić information content (AvgIpc) is 3.05. The second-order valence-electron chi connectivity index (χ2n) is 7.03. The van der Waals surface area contributed by atoms with Crippen LogP contribution in [-0.4, -0.2) is 49.8 Å². The minimum absolute atomic E-state index is 0.182. The number of aromatic nitrogens is 3. The SMILES string of the molecule is CC(C)(C)OC(=O)N1CCC(Cn2nnc3cc(O)ccc32)C1. The maximum atomic E-state index is 12.1. The van der Waals surface area contributed by atoms with Crippen LogP contribution in [0.4, 0.5) is 4.79 Å². The molecule has 0 spiro atoms. The van der Waals surface area contributed by atoms with Crippen LogP contribution in [0, 0.1) is 5.92 Å². The van der Waals surface area contributed by atoms with E-state index >= 15 is 0 Å². The minimum Gasteiger partial charge on any atom is -0.508 e. The first kappa shape index (κ1) is 15.6. The van der Waals surface area contributed by atoms with Crippen molar-refractivity contribution in [3.63, 3.8) is 0 Å². The summed E-state index contributed by atoms with van der Waals surface area (Å²) in [5.41, 5.74) is 1.09. The van der Waals surface area contributed by atoms with E-state index in [1.807, 2.05) is 31.5 Å². The van der Waals surface area contributed by atoms with Gasteiger partial charge in [-0.2, -0.15) is 0 Å². The van der Waals surface area contributed by atoms with Gasteiger partial charge >= 0.3 is 6.09 Å². The number of amides is 1. The predicted octanol–water partition coefficient (Wildman–Crippen LogP) is 2.39. The van der Waals surface area contributed by atoms with Crippen molar-refractivity contribution in [2.45, 2.75) is 39.3 Å². The van der Waals surface area contributed by atoms with E-state index in [4.69, 9.17) is 4.74 Å². The Morgan fingerprint density at radius 3 is 2.96 bits per heavy atom. The molecule has 1 aromatic carbocycles. The molecular weight excluding hydrogens is 296 g/mol. The van der Waals surface area contributed by atoms with Crippen LogP contribution in [0.25, 0.3) is 11.0 Å². The number of carbonyl (C=O) groups excluding carboxylic acids is 1. The number of benzene rings is 1. The number of rotatable bonds is 2. The topological polar surface area (TPSA) is 80.5 Å². The molecule has 1 amide bonds. The molecule has 23 heavy (non-hydrogen) atoms. The monoisotopic (exact) mass is 318 g/mol. The molecule has 0 aliphatic carbocycles. The van der Waals surface area contributed by atoms with Crippen LogP contribution in [0.2, 0.25) is 0 Å². The van der Waals surface area contributed by atoms with E-state index in [0.29, 0.717) is 31.1 Å². The Kier molecular flexibility index (Phi) is 3.87. The minimum atomic E-state index is -0.473. The molecule has 2 aromatic rings. The lowest BCUT2D eigenvalue weighted by Gasteiger charge is -2.24. The summed E-state index contributed by atoms with van der Waals surface area (Å²) in [4.78, 5) is 13.9. The van der Waals surface area contributed by atoms with Crippen LogP contribution >= 0.6 is 0 Å². The van der Waals surface area contributed by atoms with Crippen molar-refractivity contribution in [3.05, 3.63) is 18.2 Å². The van der Waals surface area contributed by atoms with Gasteiger partial charge in [-0.3, -0.25) is 0 Å². The molecule has 1 saturated heterocycles. The van der Waals surface area contributed by atoms with Gasteiger partial charge in [-0.05, 0) is 45.2 Å². The summed E-state index contributed by atoms with van der Waals surface area (Å²) >= 11 is 0. The Hall–Kier alpha value is -2.31. The molecule has 1 aliphatic heterocycles. The van der Waals surface area contributed by atoms with Gasteiger partial charge in [0.1, 0.15) is 16.9 Å². The molecule has 0 bridgehead atoms. The van der Waals surface area contributed by atoms with Gasteiger partial charge in [0.25, 0.3) is 0 Å². The third kappa shape index (κ3) is 3.55. The summed E-state index contributed by atoms with van der Waals surface area (Å²) in [6.45, 7) is 7.67. The number of aromatic hydroxyl groups is 1. The number of likely N-dealkylation sites (tertiary alicyclic amines) is 1. The van der Waals surface area contributed by atoms with E-state index in [1.165, 1.54) is 0 Å². The van der Waals surface area contributed by atoms with E-state index in [1.54, 1.807) is 17.0 Å². The Balaban J connectivity index is 1.64. The number of nitrogens with zero attached hydrogens (tertiary/aromatic N) is 4. The van der Waals surface area contributed by atoms with Crippen LogP contribution < -0.4 is 0 Å². The number of hydrogen-bond donors (Lipinski definition) is 1. The highest BCUT2D eigenvalue weighted by molar-refractivity contribution is 5.75. The van der Waals surface area contributed by atoms with Gasteiger partial charge in [0.15, 0.2) is 0 Å². The first-order valence-electron chi connectivity index (χ1n) is 7.82. The van der Waals surface area contributed by atoms with Gasteiger partial charge in [0, 0.05) is 25.7 Å². The molecule has 7 nitrogen and oxygen atoms in total. The molecule has 3 rings (SSSR count). The van der Waals surface area contributed by atoms with E-state index in [-0.39, 0.29) is 11.8 Å². The van der Waals surface area contributed by atoms with E-state index in [2.05, 4.69) is 10.3 Å². The summed E-state index contributed by atoms with van der Waals surface area (Å²) in [6, 6.07) is 5.04. The van der Waals surface area contributed by atoms with E-state index in [9.17, 15) is 9.90 Å². The molecule has 0 saturated carbocycles. The summed E-state index contributed by atoms with van der Waals surface area (Å²) < 4.78 is 7.24. The maximum absolute atomic E-state index is 12.1. The molecule has 124 valence electrons. The lowest BCUT2D eigenvalue weighted by Crippen LogP contribution is -2.35. The smallest absolute Gasteiger partial charge is 0.410 e. The van der Waals surface area contributed by atoms with Crippen LogP contribution in [0.1, 0.15) is 27.2 Å². The zero-order valence-corrected chi connectivity index (χ0v) is 13.7. The van der Waals surface area contributed by atoms with Gasteiger partial charge in [0.05, 0.1) is 5.52 Å². The number of carbonyl (C=O) groups is 1. The van der Waals surface area contributed by atoms with Crippen molar-refractivity contribution in [3.8, 4) is 5.75 Å². The van der Waals surface area contributed by atoms with Gasteiger partial charge in [-0.1, -0.05) is 5.21 Å². The molecule has 0 radical (unpaired) electrons. The highest BCUT2D eigenvalue weighted by Gasteiger charge is 2.30. The predicted molar refractivity (Wildman–Crippen MR) is 85.1 cm³/mol. The second kappa shape index (κ2) is 5.72. The molecule has 2 heterocycles. The van der Waals surface area contributed by atoms with Gasteiger partial charge in [-0.15, -0.1) is 5.10 Å². The van der Waals surface area contributed by atoms with Crippen LogP contribution in [0.5, 0.6) is 5.75 Å². The van der Waals surface area contributed by atoms with Crippen molar-refractivity contribution in [2.24, 2.45) is 5.92 Å². The molecule has 1 aliphatic rings. The van der Waals surface area contributed by atoms with E-state index < -0.39 is 5.60 Å². The summed E-state index contributed by atoms with van der Waals surface area (Å²) in [5, 5.41) is 17.7. The van der Waals surface area contributed by atoms with Gasteiger partial charge in [-0.25, -0.2) is 9.48 Å². The second-order valence-corrected chi connectivity index (χ2v) is 7.03. The Morgan fingerprint density at radius 1 is 1.43 bits per heavy atom. The van der Waals surface area contributed by atoms with Crippen molar-refractivity contribution < 1.29 is 14.6 Å². The molecular formula is C16H22N4O3. The Labute approximate surface area is 134 Å². The first-order chi connectivity index (χ1) is 10.8. The summed E-state index contributed by atoms with van der Waals surface area (Å²) in [7, 11) is 0. The maximum Gasteiger partial charge on any atom is 0.410 e. The fourth-order valence-corrected chi connectivity index (χ4v) is 2.81. The largest absolute Gasteiger partial charge is 0.508 e. The van der Waals surface area contributed by atoms with Crippen molar-refractivity contribution >= 4 is 17.1 Å². The number of hydrogen-bond acceptors (Lipinski definition) is 5. The standard InChI is InChI=1S/C16H22N4O3/c1-16(2,3)23-15(22)19-7-6-11(9-19)10-20-14-5-4-12(21)8-13(14)17-18-20/h4-5,8,11,21H,6-7,9-10H2,1-3H3. The average molecular weight is 318 g/mol. The fourth-order valence-electron chi connectivity index (χ4n) is 2.81. The van der Waals surface area contributed by atoms with Gasteiger partial charge in [0.2, 0.25) is 0 Å². The van der Waals surface area contributed by atoms with Crippen LogP contribution in [0.3, 0.4) is 0 Å². The molecule has 1 unspecified atom stereocenters. The fraction of sp³-hybridized carbons (Fsp3) is 0.562. The summed E-state index contributed by atoms with van der Waals surface area (Å²) in [6.07, 6.45) is 0.659. The van der Waals surface area contributed by atoms with Crippen molar-refractivity contribution in [1.82, 2.24) is 19.9 Å². The van der Waals surface area contributed by atoms with Gasteiger partial charge < -0.3 is 14.7 Å². The molecule has 1 atom stereocenters. The third-order valence-corrected chi connectivity index (χ3v) is 3.87. The molecule has 1 aromatic heterocycles. The number of ether oxygens (including phenoxy) is 1. The Morgan fingerprint density at radius 2 is 2.22 bits per heavy atom. The number of phenolic OH excluding ortho intramolecular Hbond substituents is 1. The molecule has 1 N–H and O–H groups in total. The van der Waals surface area contributed by atoms with Crippen LogP contribution in [-0.2, 0) is 11.3 Å². The third-order valence-electron chi connectivity index (χ3n) is 3.87. The quantitative estimate of drug-likeness (QED) is 0.919. The normalized spacial score (nSPS) is 18.6. The first-order valence-corrected chi connectivity index (χ1v) is 7.82. The Bertz CT molecular complexity index is 720. The number of fused-ring (bicyclic) bond motifs is 1. The lowest BCUT2D eigenvalue weighted by molar-refractivity contribution is 0.0287. The van der Waals surface area contributed by atoms with Crippen molar-refractivity contribution in [1.29, 1.82) is 0 Å².